The highest BCUT2D eigenvalue weighted by Crippen LogP contribution is 2.00. The number of hydrogen-bond acceptors (Lipinski definition) is 5. The van der Waals surface area contributed by atoms with Crippen LogP contribution in [0.3, 0.4) is 0 Å². The van der Waals surface area contributed by atoms with E-state index in [0.717, 1.165) is 5.56 Å². The first kappa shape index (κ1) is 20.0. The van der Waals surface area contributed by atoms with Crippen molar-refractivity contribution in [3.63, 3.8) is 0 Å². The monoisotopic (exact) mass is 349 g/mol. The SMILES string of the molecule is N#CC=CC=Cc1ccccc1.O=C1C=CC(=O)N1.O=C1C=CC(=O)N1. The van der Waals surface area contributed by atoms with Gasteiger partial charge >= 0.3 is 0 Å². The van der Waals surface area contributed by atoms with E-state index in [1.807, 2.05) is 59.2 Å². The molecule has 7 heteroatoms. The van der Waals surface area contributed by atoms with Crippen molar-refractivity contribution in [2.75, 3.05) is 0 Å². The van der Waals surface area contributed by atoms with Crippen LogP contribution >= 0.6 is 0 Å². The molecule has 7 nitrogen and oxygen atoms in total. The number of nitrogens with zero attached hydrogens (tertiary/aromatic N) is 1. The lowest BCUT2D eigenvalue weighted by Gasteiger charge is -1.87. The Balaban J connectivity index is 0.000000207. The minimum atomic E-state index is -0.329. The molecule has 1 aromatic rings. The number of nitrogens with one attached hydrogen (secondary N) is 2. The van der Waals surface area contributed by atoms with Crippen molar-refractivity contribution in [3.8, 4) is 6.07 Å². The van der Waals surface area contributed by atoms with Gasteiger partial charge in [-0.05, 0) is 5.56 Å². The fraction of sp³-hybridized carbons (Fsp3) is 0. The topological polar surface area (TPSA) is 116 Å². The molecule has 0 unspecified atom stereocenters. The quantitative estimate of drug-likeness (QED) is 0.472. The third kappa shape index (κ3) is 9.17. The standard InChI is InChI=1S/C11H9N.2C4H3NO2/c12-10-6-2-5-9-11-7-3-1-4-8-11;2*6-3-1-2-4(7)5-3/h1-9H;2*1-2H,(H,5,6,7). The summed E-state index contributed by atoms with van der Waals surface area (Å²) in [6.45, 7) is 0. The van der Waals surface area contributed by atoms with E-state index < -0.39 is 0 Å². The number of benzene rings is 1. The van der Waals surface area contributed by atoms with E-state index in [-0.39, 0.29) is 23.6 Å². The highest BCUT2D eigenvalue weighted by atomic mass is 16.2. The zero-order valence-electron chi connectivity index (χ0n) is 13.6. The number of nitriles is 1. The second-order valence-electron chi connectivity index (χ2n) is 4.63. The normalized spacial score (nSPS) is 14.4. The Morgan fingerprint density at radius 1 is 0.731 bits per heavy atom. The molecule has 0 bridgehead atoms. The fourth-order valence-corrected chi connectivity index (χ4v) is 1.54. The van der Waals surface area contributed by atoms with Crippen molar-refractivity contribution in [3.05, 3.63) is 78.4 Å². The molecule has 0 atom stereocenters. The van der Waals surface area contributed by atoms with Crippen LogP contribution in [0.2, 0.25) is 0 Å². The predicted octanol–water partition coefficient (Wildman–Crippen LogP) is 1.18. The van der Waals surface area contributed by atoms with Crippen LogP contribution in [0, 0.1) is 11.3 Å². The number of hydrogen-bond donors (Lipinski definition) is 2. The average molecular weight is 349 g/mol. The lowest BCUT2D eigenvalue weighted by Crippen LogP contribution is -2.19. The van der Waals surface area contributed by atoms with Crippen molar-refractivity contribution in [2.24, 2.45) is 0 Å². The summed E-state index contributed by atoms with van der Waals surface area (Å²) in [6, 6.07) is 11.9. The van der Waals surface area contributed by atoms with Gasteiger partial charge in [-0.25, -0.2) is 0 Å². The van der Waals surface area contributed by atoms with Crippen LogP contribution in [0.1, 0.15) is 5.56 Å². The van der Waals surface area contributed by atoms with Gasteiger partial charge in [-0.1, -0.05) is 48.6 Å². The maximum Gasteiger partial charge on any atom is 0.250 e. The first-order chi connectivity index (χ1) is 12.5. The molecule has 0 saturated carbocycles. The zero-order chi connectivity index (χ0) is 19.2. The van der Waals surface area contributed by atoms with Crippen molar-refractivity contribution in [1.29, 1.82) is 5.26 Å². The van der Waals surface area contributed by atoms with E-state index in [9.17, 15) is 19.2 Å². The molecular weight excluding hydrogens is 334 g/mol. The van der Waals surface area contributed by atoms with Crippen LogP contribution in [0.15, 0.2) is 72.9 Å². The van der Waals surface area contributed by atoms with E-state index in [4.69, 9.17) is 5.26 Å². The molecule has 0 radical (unpaired) electrons. The molecule has 0 spiro atoms. The van der Waals surface area contributed by atoms with E-state index in [1.54, 1.807) is 6.08 Å². The van der Waals surface area contributed by atoms with Crippen molar-refractivity contribution in [1.82, 2.24) is 10.6 Å². The number of amides is 4. The van der Waals surface area contributed by atoms with Gasteiger partial charge in [0.2, 0.25) is 0 Å². The molecule has 2 aliphatic rings. The van der Waals surface area contributed by atoms with Gasteiger partial charge < -0.3 is 0 Å². The Kier molecular flexibility index (Phi) is 8.83. The average Bonchev–Trinajstić information content (AvgIpc) is 3.20. The molecule has 0 aliphatic carbocycles. The summed E-state index contributed by atoms with van der Waals surface area (Å²) in [5, 5.41) is 12.2. The second-order valence-corrected chi connectivity index (χ2v) is 4.63. The van der Waals surface area contributed by atoms with Gasteiger partial charge in [0.05, 0.1) is 6.07 Å². The number of imide groups is 2. The number of rotatable bonds is 2. The molecule has 4 amide bonds. The van der Waals surface area contributed by atoms with Crippen LogP contribution in [0.25, 0.3) is 6.08 Å². The fourth-order valence-electron chi connectivity index (χ4n) is 1.54. The smallest absolute Gasteiger partial charge is 0.250 e. The zero-order valence-corrected chi connectivity index (χ0v) is 13.6. The molecule has 3 rings (SSSR count). The molecule has 2 N–H and O–H groups in total. The molecule has 0 fully saturated rings. The van der Waals surface area contributed by atoms with Gasteiger partial charge in [0.1, 0.15) is 0 Å². The van der Waals surface area contributed by atoms with E-state index in [1.165, 1.54) is 30.4 Å². The second kappa shape index (κ2) is 11.5. The Morgan fingerprint density at radius 3 is 1.54 bits per heavy atom. The van der Waals surface area contributed by atoms with Gasteiger partial charge in [0.25, 0.3) is 23.6 Å². The molecule has 130 valence electrons. The molecule has 2 aliphatic heterocycles. The summed E-state index contributed by atoms with van der Waals surface area (Å²) in [6.07, 6.45) is 11.7. The summed E-state index contributed by atoms with van der Waals surface area (Å²) < 4.78 is 0. The largest absolute Gasteiger partial charge is 0.289 e. The van der Waals surface area contributed by atoms with Crippen LogP contribution in [0.5, 0.6) is 0 Å². The first-order valence-corrected chi connectivity index (χ1v) is 7.35. The highest BCUT2D eigenvalue weighted by Gasteiger charge is 2.07. The minimum Gasteiger partial charge on any atom is -0.289 e. The number of carbonyl (C=O) groups excluding carboxylic acids is 4. The van der Waals surface area contributed by atoms with Crippen LogP contribution < -0.4 is 10.6 Å². The summed E-state index contributed by atoms with van der Waals surface area (Å²) >= 11 is 0. The molecular formula is C19H15N3O4. The summed E-state index contributed by atoms with van der Waals surface area (Å²) in [7, 11) is 0. The lowest BCUT2D eigenvalue weighted by atomic mass is 10.2. The van der Waals surface area contributed by atoms with Crippen LogP contribution in [-0.4, -0.2) is 23.6 Å². The maximum atomic E-state index is 10.0. The van der Waals surface area contributed by atoms with Crippen LogP contribution in [-0.2, 0) is 19.2 Å². The maximum absolute atomic E-state index is 10.0. The third-order valence-corrected chi connectivity index (χ3v) is 2.64. The van der Waals surface area contributed by atoms with Gasteiger partial charge in [0.15, 0.2) is 0 Å². The third-order valence-electron chi connectivity index (χ3n) is 2.64. The van der Waals surface area contributed by atoms with E-state index in [0.29, 0.717) is 0 Å². The summed E-state index contributed by atoms with van der Waals surface area (Å²) in [5.41, 5.74) is 1.14. The van der Waals surface area contributed by atoms with Gasteiger partial charge in [-0.2, -0.15) is 5.26 Å². The molecule has 2 heterocycles. The van der Waals surface area contributed by atoms with E-state index in [2.05, 4.69) is 0 Å². The van der Waals surface area contributed by atoms with Gasteiger partial charge in [-0.3, -0.25) is 29.8 Å². The lowest BCUT2D eigenvalue weighted by molar-refractivity contribution is -0.125. The van der Waals surface area contributed by atoms with E-state index >= 15 is 0 Å². The van der Waals surface area contributed by atoms with Crippen molar-refractivity contribution >= 4 is 29.7 Å². The van der Waals surface area contributed by atoms with Crippen molar-refractivity contribution in [2.45, 2.75) is 0 Å². The summed E-state index contributed by atoms with van der Waals surface area (Å²) in [5.74, 6) is -1.31. The Labute approximate surface area is 150 Å². The van der Waals surface area contributed by atoms with Crippen LogP contribution in [0.4, 0.5) is 0 Å². The Hall–Kier alpha value is -4.05. The van der Waals surface area contributed by atoms with Gasteiger partial charge in [0, 0.05) is 30.4 Å². The Bertz CT molecular complexity index is 760. The Morgan fingerprint density at radius 2 is 1.19 bits per heavy atom. The molecule has 26 heavy (non-hydrogen) atoms. The molecule has 1 aromatic carbocycles. The minimum absolute atomic E-state index is 0.329. The highest BCUT2D eigenvalue weighted by molar-refractivity contribution is 6.13. The molecule has 0 saturated heterocycles. The number of allylic oxidation sites excluding steroid dienone is 3. The van der Waals surface area contributed by atoms with Gasteiger partial charge in [-0.15, -0.1) is 0 Å². The number of carbonyl (C=O) groups is 4. The van der Waals surface area contributed by atoms with Crippen molar-refractivity contribution < 1.29 is 19.2 Å². The molecule has 0 aromatic heterocycles. The first-order valence-electron chi connectivity index (χ1n) is 7.35. The summed E-state index contributed by atoms with van der Waals surface area (Å²) in [4.78, 5) is 40.1. The predicted molar refractivity (Wildman–Crippen MR) is 94.8 cm³/mol.